The molecule has 1 heterocycles. The Morgan fingerprint density at radius 1 is 1.38 bits per heavy atom. The lowest BCUT2D eigenvalue weighted by molar-refractivity contribution is -0.145. The molecule has 1 aliphatic rings. The van der Waals surface area contributed by atoms with Crippen LogP contribution in [0.2, 0.25) is 5.02 Å². The summed E-state index contributed by atoms with van der Waals surface area (Å²) >= 11 is 7.34. The number of carboxylic acids is 1. The van der Waals surface area contributed by atoms with Crippen LogP contribution in [0.15, 0.2) is 23.1 Å². The van der Waals surface area contributed by atoms with E-state index in [1.165, 1.54) is 11.8 Å². The maximum Gasteiger partial charge on any atom is 0.306 e. The fourth-order valence-corrected chi connectivity index (χ4v) is 3.29. The molecule has 0 aliphatic carbocycles. The quantitative estimate of drug-likeness (QED) is 0.654. The van der Waals surface area contributed by atoms with Crippen LogP contribution in [-0.2, 0) is 9.59 Å². The van der Waals surface area contributed by atoms with E-state index in [2.05, 4.69) is 0 Å². The predicted molar refractivity (Wildman–Crippen MR) is 83.5 cm³/mol. The SMILES string of the molecule is Nc1ccc(SCC(=O)N2CCC(C(=O)O)CC2)cc1Cl. The second-order valence-corrected chi connectivity index (χ2v) is 6.42. The molecule has 114 valence electrons. The van der Waals surface area contributed by atoms with Gasteiger partial charge in [0.2, 0.25) is 5.91 Å². The average molecular weight is 329 g/mol. The van der Waals surface area contributed by atoms with Crippen LogP contribution < -0.4 is 5.73 Å². The number of thioether (sulfide) groups is 1. The van der Waals surface area contributed by atoms with Crippen LogP contribution in [0.1, 0.15) is 12.8 Å². The Balaban J connectivity index is 1.82. The molecule has 21 heavy (non-hydrogen) atoms. The third-order valence-electron chi connectivity index (χ3n) is 3.53. The smallest absolute Gasteiger partial charge is 0.306 e. The number of rotatable bonds is 4. The molecule has 1 aromatic carbocycles. The van der Waals surface area contributed by atoms with Crippen molar-refractivity contribution in [3.8, 4) is 0 Å². The number of nitrogens with zero attached hydrogens (tertiary/aromatic N) is 1. The van der Waals surface area contributed by atoms with Crippen molar-refractivity contribution < 1.29 is 14.7 Å². The molecule has 1 aromatic rings. The van der Waals surface area contributed by atoms with Gasteiger partial charge in [0.15, 0.2) is 0 Å². The van der Waals surface area contributed by atoms with E-state index in [9.17, 15) is 9.59 Å². The zero-order chi connectivity index (χ0) is 15.4. The molecule has 0 atom stereocenters. The molecule has 5 nitrogen and oxygen atoms in total. The largest absolute Gasteiger partial charge is 0.481 e. The molecular formula is C14H17ClN2O3S. The molecular weight excluding hydrogens is 312 g/mol. The Hall–Kier alpha value is -1.40. The lowest BCUT2D eigenvalue weighted by Gasteiger charge is -2.30. The zero-order valence-corrected chi connectivity index (χ0v) is 13.0. The number of nitrogens with two attached hydrogens (primary N) is 1. The average Bonchev–Trinajstić information content (AvgIpc) is 2.48. The number of aliphatic carboxylic acids is 1. The Kier molecular flexibility index (Phi) is 5.36. The van der Waals surface area contributed by atoms with Crippen LogP contribution in [0, 0.1) is 5.92 Å². The van der Waals surface area contributed by atoms with E-state index in [4.69, 9.17) is 22.4 Å². The van der Waals surface area contributed by atoms with Gasteiger partial charge in [0.1, 0.15) is 0 Å². The number of nitrogen functional groups attached to an aromatic ring is 1. The predicted octanol–water partition coefficient (Wildman–Crippen LogP) is 2.34. The number of carbonyl (C=O) groups is 2. The molecule has 0 aromatic heterocycles. The lowest BCUT2D eigenvalue weighted by Crippen LogP contribution is -2.41. The zero-order valence-electron chi connectivity index (χ0n) is 11.4. The van der Waals surface area contributed by atoms with Crippen molar-refractivity contribution >= 4 is 40.9 Å². The van der Waals surface area contributed by atoms with Crippen molar-refractivity contribution in [2.24, 2.45) is 5.92 Å². The molecule has 7 heteroatoms. The van der Waals surface area contributed by atoms with Crippen molar-refractivity contribution in [2.75, 3.05) is 24.6 Å². The minimum Gasteiger partial charge on any atom is -0.481 e. The van der Waals surface area contributed by atoms with Gasteiger partial charge in [0, 0.05) is 18.0 Å². The van der Waals surface area contributed by atoms with Crippen molar-refractivity contribution in [3.63, 3.8) is 0 Å². The molecule has 1 aliphatic heterocycles. The highest BCUT2D eigenvalue weighted by Crippen LogP contribution is 2.27. The van der Waals surface area contributed by atoms with Gasteiger partial charge in [-0.1, -0.05) is 11.6 Å². The topological polar surface area (TPSA) is 83.6 Å². The van der Waals surface area contributed by atoms with Gasteiger partial charge in [-0.2, -0.15) is 0 Å². The van der Waals surface area contributed by atoms with Crippen molar-refractivity contribution in [3.05, 3.63) is 23.2 Å². The number of likely N-dealkylation sites (tertiary alicyclic amines) is 1. The number of halogens is 1. The first kappa shape index (κ1) is 16.0. The van der Waals surface area contributed by atoms with Crippen LogP contribution >= 0.6 is 23.4 Å². The van der Waals surface area contributed by atoms with Crippen LogP contribution in [0.5, 0.6) is 0 Å². The van der Waals surface area contributed by atoms with Gasteiger partial charge in [-0.15, -0.1) is 11.8 Å². The summed E-state index contributed by atoms with van der Waals surface area (Å²) in [5.74, 6) is -0.750. The number of carbonyl (C=O) groups excluding carboxylic acids is 1. The third-order valence-corrected chi connectivity index (χ3v) is 4.84. The Labute approximate surface area is 132 Å². The lowest BCUT2D eigenvalue weighted by atomic mass is 9.97. The first-order chi connectivity index (χ1) is 9.97. The molecule has 0 spiro atoms. The van der Waals surface area contributed by atoms with Crippen molar-refractivity contribution in [1.29, 1.82) is 0 Å². The molecule has 0 radical (unpaired) electrons. The summed E-state index contributed by atoms with van der Waals surface area (Å²) in [6, 6.07) is 5.29. The summed E-state index contributed by atoms with van der Waals surface area (Å²) in [6.45, 7) is 1.03. The minimum absolute atomic E-state index is 0.0248. The van der Waals surface area contributed by atoms with E-state index in [1.807, 2.05) is 6.07 Å². The third kappa shape index (κ3) is 4.28. The van der Waals surface area contributed by atoms with Crippen LogP contribution in [0.4, 0.5) is 5.69 Å². The van der Waals surface area contributed by atoms with Crippen LogP contribution in [-0.4, -0.2) is 40.7 Å². The second-order valence-electron chi connectivity index (χ2n) is 4.97. The van der Waals surface area contributed by atoms with Gasteiger partial charge in [0.25, 0.3) is 0 Å². The van der Waals surface area contributed by atoms with Crippen molar-refractivity contribution in [1.82, 2.24) is 4.90 Å². The van der Waals surface area contributed by atoms with Crippen LogP contribution in [0.3, 0.4) is 0 Å². The molecule has 3 N–H and O–H groups in total. The molecule has 1 amide bonds. The number of piperidine rings is 1. The Morgan fingerprint density at radius 2 is 2.05 bits per heavy atom. The highest BCUT2D eigenvalue weighted by atomic mass is 35.5. The molecule has 1 saturated heterocycles. The van der Waals surface area contributed by atoms with Gasteiger partial charge in [-0.05, 0) is 31.0 Å². The summed E-state index contributed by atoms with van der Waals surface area (Å²) < 4.78 is 0. The van der Waals surface area contributed by atoms with E-state index in [-0.39, 0.29) is 11.8 Å². The van der Waals surface area contributed by atoms with Gasteiger partial charge >= 0.3 is 5.97 Å². The number of amides is 1. The Morgan fingerprint density at radius 3 is 2.62 bits per heavy atom. The standard InChI is InChI=1S/C14H17ClN2O3S/c15-11-7-10(1-2-12(11)16)21-8-13(18)17-5-3-9(4-6-17)14(19)20/h1-2,7,9H,3-6,8,16H2,(H,19,20). The van der Waals surface area contributed by atoms with Gasteiger partial charge in [0.05, 0.1) is 22.4 Å². The molecule has 0 bridgehead atoms. The van der Waals surface area contributed by atoms with E-state index >= 15 is 0 Å². The number of carboxylic acid groups (broad SMARTS) is 1. The summed E-state index contributed by atoms with van der Waals surface area (Å²) in [7, 11) is 0. The number of benzene rings is 1. The minimum atomic E-state index is -0.770. The first-order valence-corrected chi connectivity index (χ1v) is 8.02. The summed E-state index contributed by atoms with van der Waals surface area (Å²) in [6.07, 6.45) is 1.05. The highest BCUT2D eigenvalue weighted by Gasteiger charge is 2.26. The molecule has 0 saturated carbocycles. The van der Waals surface area contributed by atoms with Crippen molar-refractivity contribution in [2.45, 2.75) is 17.7 Å². The molecule has 1 fully saturated rings. The number of hydrogen-bond donors (Lipinski definition) is 2. The van der Waals surface area contributed by atoms with Gasteiger partial charge < -0.3 is 15.7 Å². The van der Waals surface area contributed by atoms with E-state index < -0.39 is 5.97 Å². The summed E-state index contributed by atoms with van der Waals surface area (Å²) in [5, 5.41) is 9.41. The number of hydrogen-bond acceptors (Lipinski definition) is 4. The fourth-order valence-electron chi connectivity index (χ4n) is 2.21. The fraction of sp³-hybridized carbons (Fsp3) is 0.429. The molecule has 2 rings (SSSR count). The Bertz CT molecular complexity index is 545. The maximum absolute atomic E-state index is 12.1. The second kappa shape index (κ2) is 7.04. The highest BCUT2D eigenvalue weighted by molar-refractivity contribution is 8.00. The summed E-state index contributed by atoms with van der Waals surface area (Å²) in [5.41, 5.74) is 6.15. The maximum atomic E-state index is 12.1. The van der Waals surface area contributed by atoms with E-state index in [0.717, 1.165) is 4.90 Å². The van der Waals surface area contributed by atoms with Gasteiger partial charge in [-0.3, -0.25) is 9.59 Å². The summed E-state index contributed by atoms with van der Waals surface area (Å²) in [4.78, 5) is 25.6. The van der Waals surface area contributed by atoms with Crippen LogP contribution in [0.25, 0.3) is 0 Å². The van der Waals surface area contributed by atoms with E-state index in [1.54, 1.807) is 17.0 Å². The van der Waals surface area contributed by atoms with E-state index in [0.29, 0.717) is 42.4 Å². The number of anilines is 1. The normalized spacial score (nSPS) is 16.0. The first-order valence-electron chi connectivity index (χ1n) is 6.66. The van der Waals surface area contributed by atoms with Gasteiger partial charge in [-0.25, -0.2) is 0 Å². The monoisotopic (exact) mass is 328 g/mol. The molecule has 0 unspecified atom stereocenters.